The SMILES string of the molecule is CCCc1cc2ccccc2[cH-]1.CCCc1cc2ccccc2[cH-]1.[CH2]=[Zr+2].[Cl-].[Cl-]. The van der Waals surface area contributed by atoms with E-state index in [4.69, 9.17) is 0 Å². The number of fused-ring (bicyclic) bond motifs is 2. The average molecular weight is 491 g/mol. The maximum Gasteiger partial charge on any atom is -1.00 e. The molecule has 28 heavy (non-hydrogen) atoms. The fourth-order valence-corrected chi connectivity index (χ4v) is 3.30. The summed E-state index contributed by atoms with van der Waals surface area (Å²) >= 11 is 1.30. The van der Waals surface area contributed by atoms with Crippen molar-refractivity contribution in [3.05, 3.63) is 83.9 Å². The zero-order chi connectivity index (χ0) is 18.8. The van der Waals surface area contributed by atoms with Crippen molar-refractivity contribution in [1.29, 1.82) is 0 Å². The van der Waals surface area contributed by atoms with Crippen LogP contribution in [0.25, 0.3) is 21.5 Å². The molecule has 0 atom stereocenters. The Labute approximate surface area is 197 Å². The molecule has 0 heterocycles. The van der Waals surface area contributed by atoms with Crippen LogP contribution >= 0.6 is 0 Å². The Hall–Kier alpha value is -1.01. The summed E-state index contributed by atoms with van der Waals surface area (Å²) < 4.78 is 3.34. The molecule has 4 aromatic carbocycles. The van der Waals surface area contributed by atoms with Gasteiger partial charge in [0.1, 0.15) is 0 Å². The maximum absolute atomic E-state index is 3.34. The first kappa shape index (κ1) is 27.0. The van der Waals surface area contributed by atoms with E-state index in [1.165, 1.54) is 82.6 Å². The molecule has 0 aliphatic rings. The van der Waals surface area contributed by atoms with Crippen LogP contribution in [0.2, 0.25) is 0 Å². The summed E-state index contributed by atoms with van der Waals surface area (Å²) in [6.07, 6.45) is 4.87. The minimum atomic E-state index is 0. The Kier molecular flexibility index (Phi) is 14.4. The summed E-state index contributed by atoms with van der Waals surface area (Å²) in [7, 11) is 0. The molecule has 3 heteroatoms. The maximum atomic E-state index is 3.34. The molecule has 0 bridgehead atoms. The molecule has 0 N–H and O–H groups in total. The van der Waals surface area contributed by atoms with E-state index in [9.17, 15) is 0 Å². The van der Waals surface area contributed by atoms with Crippen molar-refractivity contribution in [3.8, 4) is 0 Å². The van der Waals surface area contributed by atoms with Gasteiger partial charge in [-0.1, -0.05) is 38.8 Å². The van der Waals surface area contributed by atoms with Crippen LogP contribution in [-0.2, 0) is 37.1 Å². The molecule has 0 aliphatic carbocycles. The molecule has 0 amide bonds. The van der Waals surface area contributed by atoms with Gasteiger partial charge >= 0.3 is 28.4 Å². The molecule has 0 aliphatic heterocycles. The molecule has 0 radical (unpaired) electrons. The summed E-state index contributed by atoms with van der Waals surface area (Å²) in [5.74, 6) is 0. The van der Waals surface area contributed by atoms with Gasteiger partial charge in [0, 0.05) is 0 Å². The van der Waals surface area contributed by atoms with Crippen LogP contribution < -0.4 is 24.8 Å². The molecule has 0 fully saturated rings. The second-order valence-electron chi connectivity index (χ2n) is 6.49. The molecule has 0 nitrogen and oxygen atoms in total. The van der Waals surface area contributed by atoms with Crippen molar-refractivity contribution in [2.75, 3.05) is 0 Å². The Balaban J connectivity index is 0.000000449. The summed E-state index contributed by atoms with van der Waals surface area (Å²) in [6, 6.07) is 26.2. The second-order valence-corrected chi connectivity index (χ2v) is 6.49. The van der Waals surface area contributed by atoms with E-state index in [-0.39, 0.29) is 24.8 Å². The Bertz CT molecular complexity index is 778. The van der Waals surface area contributed by atoms with Gasteiger partial charge in [0.05, 0.1) is 0 Å². The van der Waals surface area contributed by atoms with Gasteiger partial charge in [0.15, 0.2) is 0 Å². The van der Waals surface area contributed by atoms with Crippen molar-refractivity contribution in [2.24, 2.45) is 0 Å². The van der Waals surface area contributed by atoms with Crippen LogP contribution in [0.15, 0.2) is 72.8 Å². The molecule has 4 aromatic rings. The first-order valence-electron chi connectivity index (χ1n) is 9.44. The fraction of sp³-hybridized carbons (Fsp3) is 0.240. The van der Waals surface area contributed by atoms with Crippen molar-refractivity contribution in [2.45, 2.75) is 39.5 Å². The summed E-state index contributed by atoms with van der Waals surface area (Å²) in [5.41, 5.74) is 2.94. The molecular formula is C25H28Cl2Zr-2. The number of aryl methyl sites for hydroxylation is 2. The standard InChI is InChI=1S/2C12H13.CH2.2ClH.Zr/c2*1-2-5-10-8-11-6-3-4-7-12(11)9-10;;;;/h2*3-4,6-9H,2,5H2,1H3;1H2;2*1H;/q2*-1;;;;+2/p-2. The van der Waals surface area contributed by atoms with Crippen LogP contribution in [0.5, 0.6) is 0 Å². The monoisotopic (exact) mass is 488 g/mol. The first-order chi connectivity index (χ1) is 12.8. The largest absolute Gasteiger partial charge is 1.00 e. The number of rotatable bonds is 4. The van der Waals surface area contributed by atoms with E-state index in [1.807, 2.05) is 0 Å². The minimum absolute atomic E-state index is 0. The van der Waals surface area contributed by atoms with Crippen molar-refractivity contribution < 1.29 is 49.0 Å². The van der Waals surface area contributed by atoms with E-state index in [0.29, 0.717) is 0 Å². The van der Waals surface area contributed by atoms with Gasteiger partial charge in [-0.2, -0.15) is 12.1 Å². The molecule has 0 saturated heterocycles. The molecule has 0 aromatic heterocycles. The summed E-state index contributed by atoms with van der Waals surface area (Å²) in [4.78, 5) is 0. The Morgan fingerprint density at radius 3 is 1.36 bits per heavy atom. The predicted octanol–water partition coefficient (Wildman–Crippen LogP) is 0.996. The third-order valence-corrected chi connectivity index (χ3v) is 4.43. The van der Waals surface area contributed by atoms with E-state index >= 15 is 0 Å². The van der Waals surface area contributed by atoms with Gasteiger partial charge in [0.25, 0.3) is 0 Å². The number of hydrogen-bond donors (Lipinski definition) is 0. The molecular weight excluding hydrogens is 462 g/mol. The van der Waals surface area contributed by atoms with E-state index in [1.54, 1.807) is 0 Å². The minimum Gasteiger partial charge on any atom is -1.00 e. The van der Waals surface area contributed by atoms with Crippen molar-refractivity contribution in [3.63, 3.8) is 0 Å². The third kappa shape index (κ3) is 7.78. The number of halogens is 2. The zero-order valence-electron chi connectivity index (χ0n) is 16.7. The zero-order valence-corrected chi connectivity index (χ0v) is 20.7. The van der Waals surface area contributed by atoms with Crippen LogP contribution in [0.3, 0.4) is 0 Å². The Morgan fingerprint density at radius 1 is 0.679 bits per heavy atom. The molecule has 148 valence electrons. The molecule has 4 rings (SSSR count). The first-order valence-corrected chi connectivity index (χ1v) is 11.2. The van der Waals surface area contributed by atoms with Crippen molar-refractivity contribution >= 4 is 25.8 Å². The molecule has 0 unspecified atom stereocenters. The Morgan fingerprint density at radius 2 is 1.04 bits per heavy atom. The molecule has 0 spiro atoms. The van der Waals surface area contributed by atoms with Crippen LogP contribution in [-0.4, -0.2) is 4.21 Å². The van der Waals surface area contributed by atoms with Gasteiger partial charge < -0.3 is 24.8 Å². The van der Waals surface area contributed by atoms with E-state index < -0.39 is 0 Å². The van der Waals surface area contributed by atoms with Crippen molar-refractivity contribution in [1.82, 2.24) is 0 Å². The summed E-state index contributed by atoms with van der Waals surface area (Å²) in [5, 5.41) is 5.50. The average Bonchev–Trinajstić information content (AvgIpc) is 3.27. The van der Waals surface area contributed by atoms with Crippen LogP contribution in [0.1, 0.15) is 37.8 Å². The van der Waals surface area contributed by atoms with Gasteiger partial charge in [-0.25, -0.2) is 0 Å². The van der Waals surface area contributed by atoms with Gasteiger partial charge in [-0.3, -0.25) is 0 Å². The number of benzene rings is 2. The van der Waals surface area contributed by atoms with Gasteiger partial charge in [-0.15, -0.1) is 81.2 Å². The third-order valence-electron chi connectivity index (χ3n) is 4.43. The second kappa shape index (κ2) is 14.9. The molecule has 0 saturated carbocycles. The predicted molar refractivity (Wildman–Crippen MR) is 114 cm³/mol. The van der Waals surface area contributed by atoms with Crippen LogP contribution in [0, 0.1) is 0 Å². The number of hydrogen-bond acceptors (Lipinski definition) is 0. The summed E-state index contributed by atoms with van der Waals surface area (Å²) in [6.45, 7) is 4.44. The van der Waals surface area contributed by atoms with Gasteiger partial charge in [0.2, 0.25) is 0 Å². The van der Waals surface area contributed by atoms with E-state index in [2.05, 4.69) is 90.9 Å². The van der Waals surface area contributed by atoms with E-state index in [0.717, 1.165) is 0 Å². The quantitative estimate of drug-likeness (QED) is 0.375. The fourth-order valence-electron chi connectivity index (χ4n) is 3.30. The van der Waals surface area contributed by atoms with Gasteiger partial charge in [-0.05, 0) is 12.8 Å². The van der Waals surface area contributed by atoms with Crippen LogP contribution in [0.4, 0.5) is 0 Å². The topological polar surface area (TPSA) is 0 Å². The smallest absolute Gasteiger partial charge is 1.00 e. The normalized spacial score (nSPS) is 9.43.